The molecule has 0 radical (unpaired) electrons. The average Bonchev–Trinajstić information content (AvgIpc) is 2.96. The lowest BCUT2D eigenvalue weighted by Gasteiger charge is -2.23. The molecule has 0 aliphatic heterocycles. The average molecular weight is 525 g/mol. The molecule has 0 saturated heterocycles. The monoisotopic (exact) mass is 524 g/mol. The van der Waals surface area contributed by atoms with Gasteiger partial charge in [-0.05, 0) is 43.8 Å². The Morgan fingerprint density at radius 1 is 1.21 bits per heavy atom. The van der Waals surface area contributed by atoms with E-state index in [0.717, 1.165) is 49.3 Å². The topological polar surface area (TPSA) is 67.1 Å². The molecular weight excluding hydrogens is 483 g/mol. The first-order valence-electron chi connectivity index (χ1n) is 10.1. The van der Waals surface area contributed by atoms with Crippen molar-refractivity contribution in [2.45, 2.75) is 85.0 Å². The predicted molar refractivity (Wildman–Crippen MR) is 133 cm³/mol. The quantitative estimate of drug-likeness (QED) is 0.154. The summed E-state index contributed by atoms with van der Waals surface area (Å²) >= 11 is 1.66. The van der Waals surface area contributed by atoms with Crippen molar-refractivity contribution < 1.29 is 0 Å². The largest absolute Gasteiger partial charge is 0.356 e. The fourth-order valence-electron chi connectivity index (χ4n) is 2.81. The highest BCUT2D eigenvalue weighted by molar-refractivity contribution is 14.0. The van der Waals surface area contributed by atoms with Gasteiger partial charge in [-0.15, -0.1) is 34.2 Å². The van der Waals surface area contributed by atoms with Crippen molar-refractivity contribution in [3.8, 4) is 0 Å². The lowest BCUT2D eigenvalue weighted by molar-refractivity contribution is 0.346. The number of hydrogen-bond donors (Lipinski definition) is 2. The number of thioether (sulfide) groups is 1. The molecule has 1 aromatic heterocycles. The summed E-state index contributed by atoms with van der Waals surface area (Å²) in [5.74, 6) is 2.54. The maximum absolute atomic E-state index is 4.39. The Morgan fingerprint density at radius 2 is 1.89 bits per heavy atom. The van der Waals surface area contributed by atoms with Crippen LogP contribution in [0.4, 0.5) is 0 Å². The van der Waals surface area contributed by atoms with Crippen LogP contribution in [0.1, 0.15) is 66.6 Å². The van der Waals surface area contributed by atoms with Crippen molar-refractivity contribution in [1.82, 2.24) is 25.4 Å². The number of halogens is 1. The summed E-state index contributed by atoms with van der Waals surface area (Å²) in [7, 11) is 1.83. The highest BCUT2D eigenvalue weighted by Gasteiger charge is 2.14. The first-order chi connectivity index (χ1) is 12.7. The van der Waals surface area contributed by atoms with Crippen molar-refractivity contribution in [2.75, 3.05) is 19.8 Å². The molecule has 164 valence electrons. The number of rotatable bonds is 10. The molecule has 8 heteroatoms. The summed E-state index contributed by atoms with van der Waals surface area (Å²) < 4.78 is 2.26. The molecule has 0 aliphatic carbocycles. The van der Waals surface area contributed by atoms with E-state index in [1.54, 1.807) is 11.8 Å². The number of guanidine groups is 1. The number of nitrogens with zero attached hydrogens (tertiary/aromatic N) is 4. The van der Waals surface area contributed by atoms with Crippen LogP contribution in [0.15, 0.2) is 10.1 Å². The van der Waals surface area contributed by atoms with Gasteiger partial charge in [0.15, 0.2) is 11.1 Å². The standard InChI is InChI=1S/C20H40N6S.HI/c1-15(2)14-26-17(24-25-19(26)27-8)10-9-13-22-18(21-7)23-16(3)11-12-20(4,5)6;/h15-16H,9-14H2,1-8H3,(H2,21,22,23);1H. The molecule has 0 spiro atoms. The zero-order valence-corrected chi connectivity index (χ0v) is 22.1. The van der Waals surface area contributed by atoms with Gasteiger partial charge >= 0.3 is 0 Å². The van der Waals surface area contributed by atoms with Crippen LogP contribution >= 0.6 is 35.7 Å². The number of hydrogen-bond acceptors (Lipinski definition) is 4. The fraction of sp³-hybridized carbons (Fsp3) is 0.850. The maximum Gasteiger partial charge on any atom is 0.191 e. The molecule has 1 aromatic rings. The molecular formula is C20H41IN6S. The number of aliphatic imine (C=N–C) groups is 1. The van der Waals surface area contributed by atoms with Gasteiger partial charge in [0.1, 0.15) is 5.82 Å². The second-order valence-corrected chi connectivity index (χ2v) is 9.63. The van der Waals surface area contributed by atoms with Crippen molar-refractivity contribution in [2.24, 2.45) is 16.3 Å². The second kappa shape index (κ2) is 13.7. The zero-order valence-electron chi connectivity index (χ0n) is 19.0. The second-order valence-electron chi connectivity index (χ2n) is 8.85. The Bertz CT molecular complexity index is 580. The van der Waals surface area contributed by atoms with Crippen LogP contribution < -0.4 is 10.6 Å². The van der Waals surface area contributed by atoms with Gasteiger partial charge in [0.2, 0.25) is 0 Å². The summed E-state index contributed by atoms with van der Waals surface area (Å²) in [5, 5.41) is 16.6. The van der Waals surface area contributed by atoms with Crippen LogP contribution in [0.5, 0.6) is 0 Å². The van der Waals surface area contributed by atoms with E-state index in [2.05, 4.69) is 78.2 Å². The van der Waals surface area contributed by atoms with Crippen molar-refractivity contribution >= 4 is 41.7 Å². The third kappa shape index (κ3) is 10.9. The number of aryl methyl sites for hydroxylation is 1. The zero-order chi connectivity index (χ0) is 20.4. The van der Waals surface area contributed by atoms with Gasteiger partial charge in [0, 0.05) is 32.6 Å². The molecule has 1 rings (SSSR count). The Balaban J connectivity index is 0.00000729. The Labute approximate surface area is 193 Å². The van der Waals surface area contributed by atoms with E-state index in [9.17, 15) is 0 Å². The Morgan fingerprint density at radius 3 is 2.43 bits per heavy atom. The molecule has 0 bridgehead atoms. The van der Waals surface area contributed by atoms with Crippen molar-refractivity contribution in [3.63, 3.8) is 0 Å². The van der Waals surface area contributed by atoms with Gasteiger partial charge in [-0.25, -0.2) is 0 Å². The third-order valence-electron chi connectivity index (χ3n) is 4.33. The molecule has 28 heavy (non-hydrogen) atoms. The molecule has 1 atom stereocenters. The van der Waals surface area contributed by atoms with Crippen LogP contribution in [0.2, 0.25) is 0 Å². The maximum atomic E-state index is 4.39. The molecule has 1 unspecified atom stereocenters. The minimum atomic E-state index is 0. The van der Waals surface area contributed by atoms with E-state index in [1.807, 2.05) is 7.05 Å². The van der Waals surface area contributed by atoms with Gasteiger partial charge in [0.25, 0.3) is 0 Å². The third-order valence-corrected chi connectivity index (χ3v) is 4.99. The van der Waals surface area contributed by atoms with E-state index in [4.69, 9.17) is 0 Å². The van der Waals surface area contributed by atoms with Gasteiger partial charge in [-0.3, -0.25) is 4.99 Å². The van der Waals surface area contributed by atoms with Gasteiger partial charge < -0.3 is 15.2 Å². The van der Waals surface area contributed by atoms with E-state index in [0.29, 0.717) is 17.4 Å². The predicted octanol–water partition coefficient (Wildman–Crippen LogP) is 4.59. The summed E-state index contributed by atoms with van der Waals surface area (Å²) in [4.78, 5) is 4.35. The first kappa shape index (κ1) is 27.5. The normalized spacial score (nSPS) is 13.4. The van der Waals surface area contributed by atoms with Crippen LogP contribution in [-0.2, 0) is 13.0 Å². The van der Waals surface area contributed by atoms with E-state index >= 15 is 0 Å². The first-order valence-corrected chi connectivity index (χ1v) is 11.3. The Hall–Kier alpha value is -0.510. The van der Waals surface area contributed by atoms with Crippen LogP contribution in [0, 0.1) is 11.3 Å². The SMILES string of the molecule is CN=C(NCCCc1nnc(SC)n1CC(C)C)NC(C)CCC(C)(C)C.I. The van der Waals surface area contributed by atoms with Crippen molar-refractivity contribution in [1.29, 1.82) is 0 Å². The van der Waals surface area contributed by atoms with Crippen LogP contribution in [0.3, 0.4) is 0 Å². The summed E-state index contributed by atoms with van der Waals surface area (Å²) in [5.41, 5.74) is 0.369. The molecule has 0 aromatic carbocycles. The molecule has 1 heterocycles. The summed E-state index contributed by atoms with van der Waals surface area (Å²) in [6.45, 7) is 15.4. The van der Waals surface area contributed by atoms with Crippen molar-refractivity contribution in [3.05, 3.63) is 5.82 Å². The van der Waals surface area contributed by atoms with E-state index in [-0.39, 0.29) is 24.0 Å². The van der Waals surface area contributed by atoms with Crippen LogP contribution in [-0.4, -0.2) is 46.6 Å². The van der Waals surface area contributed by atoms with Gasteiger partial charge in [-0.2, -0.15) is 0 Å². The lowest BCUT2D eigenvalue weighted by atomic mass is 9.89. The van der Waals surface area contributed by atoms with E-state index in [1.165, 1.54) is 6.42 Å². The smallest absolute Gasteiger partial charge is 0.191 e. The van der Waals surface area contributed by atoms with Gasteiger partial charge in [0.05, 0.1) is 0 Å². The Kier molecular flexibility index (Phi) is 13.4. The fourth-order valence-corrected chi connectivity index (χ4v) is 3.33. The minimum absolute atomic E-state index is 0. The van der Waals surface area contributed by atoms with Crippen LogP contribution in [0.25, 0.3) is 0 Å². The highest BCUT2D eigenvalue weighted by atomic mass is 127. The number of aromatic nitrogens is 3. The molecule has 2 N–H and O–H groups in total. The van der Waals surface area contributed by atoms with E-state index < -0.39 is 0 Å². The van der Waals surface area contributed by atoms with Gasteiger partial charge in [-0.1, -0.05) is 46.4 Å². The molecule has 0 aliphatic rings. The molecule has 0 amide bonds. The molecule has 6 nitrogen and oxygen atoms in total. The lowest BCUT2D eigenvalue weighted by Crippen LogP contribution is -2.42. The summed E-state index contributed by atoms with van der Waals surface area (Å²) in [6, 6.07) is 0.411. The highest BCUT2D eigenvalue weighted by Crippen LogP contribution is 2.21. The number of nitrogens with one attached hydrogen (secondary N) is 2. The molecule has 0 saturated carbocycles. The summed E-state index contributed by atoms with van der Waals surface area (Å²) in [6.07, 6.45) is 6.32. The minimum Gasteiger partial charge on any atom is -0.356 e. The molecule has 0 fully saturated rings.